The van der Waals surface area contributed by atoms with E-state index in [0.29, 0.717) is 5.56 Å². The predicted octanol–water partition coefficient (Wildman–Crippen LogP) is 4.07. The van der Waals surface area contributed by atoms with E-state index in [2.05, 4.69) is 6.07 Å². The van der Waals surface area contributed by atoms with Gasteiger partial charge in [0, 0.05) is 18.0 Å². The van der Waals surface area contributed by atoms with Crippen molar-refractivity contribution >= 4 is 11.5 Å². The second kappa shape index (κ2) is 5.36. The van der Waals surface area contributed by atoms with E-state index in [4.69, 9.17) is 4.74 Å². The minimum atomic E-state index is -0.235. The largest absolute Gasteiger partial charge is 0.460 e. The fourth-order valence-electron chi connectivity index (χ4n) is 6.07. The molecule has 4 saturated carbocycles. The van der Waals surface area contributed by atoms with Gasteiger partial charge in [-0.2, -0.15) is 5.26 Å². The maximum Gasteiger partial charge on any atom is 0.312 e. The second-order valence-electron chi connectivity index (χ2n) is 8.41. The van der Waals surface area contributed by atoms with Crippen LogP contribution in [0.3, 0.4) is 0 Å². The van der Waals surface area contributed by atoms with Gasteiger partial charge in [-0.1, -0.05) is 6.07 Å². The SMILES string of the molecule is N#Cc1c(COC(=O)C23CC4CC(CC(C4)C2)C3)cn2ccccc12. The van der Waals surface area contributed by atoms with Crippen molar-refractivity contribution in [3.05, 3.63) is 41.7 Å². The van der Waals surface area contributed by atoms with Gasteiger partial charge < -0.3 is 9.14 Å². The first-order chi connectivity index (χ1) is 12.2. The molecule has 4 bridgehead atoms. The van der Waals surface area contributed by atoms with Crippen LogP contribution in [0.25, 0.3) is 5.52 Å². The molecule has 0 aromatic carbocycles. The van der Waals surface area contributed by atoms with Gasteiger partial charge in [0.2, 0.25) is 0 Å². The maximum absolute atomic E-state index is 13.0. The van der Waals surface area contributed by atoms with Crippen molar-refractivity contribution in [2.45, 2.75) is 45.1 Å². The molecule has 2 heterocycles. The summed E-state index contributed by atoms with van der Waals surface area (Å²) in [4.78, 5) is 13.0. The Balaban J connectivity index is 1.37. The average Bonchev–Trinajstić information content (AvgIpc) is 2.96. The van der Waals surface area contributed by atoms with Crippen molar-refractivity contribution in [2.75, 3.05) is 0 Å². The number of carbonyl (C=O) groups excluding carboxylic acids is 1. The third-order valence-electron chi connectivity index (χ3n) is 6.70. The Morgan fingerprint density at radius 1 is 1.20 bits per heavy atom. The van der Waals surface area contributed by atoms with Crippen LogP contribution in [0.4, 0.5) is 0 Å². The molecule has 0 amide bonds. The maximum atomic E-state index is 13.0. The summed E-state index contributed by atoms with van der Waals surface area (Å²) in [5, 5.41) is 9.50. The molecule has 128 valence electrons. The van der Waals surface area contributed by atoms with E-state index >= 15 is 0 Å². The zero-order valence-corrected chi connectivity index (χ0v) is 14.3. The van der Waals surface area contributed by atoms with Gasteiger partial charge in [-0.15, -0.1) is 0 Å². The molecule has 0 unspecified atom stereocenters. The summed E-state index contributed by atoms with van der Waals surface area (Å²) in [6, 6.07) is 8.03. The molecule has 4 aliphatic rings. The highest BCUT2D eigenvalue weighted by molar-refractivity contribution is 5.77. The third-order valence-corrected chi connectivity index (χ3v) is 6.70. The molecule has 0 radical (unpaired) electrons. The number of nitrogens with zero attached hydrogens (tertiary/aromatic N) is 2. The van der Waals surface area contributed by atoms with Gasteiger partial charge in [0.15, 0.2) is 0 Å². The minimum absolute atomic E-state index is 0.0225. The zero-order valence-electron chi connectivity index (χ0n) is 14.3. The van der Waals surface area contributed by atoms with Crippen LogP contribution in [0.1, 0.15) is 49.7 Å². The molecule has 0 N–H and O–H groups in total. The summed E-state index contributed by atoms with van der Waals surface area (Å²) < 4.78 is 7.70. The average molecular weight is 334 g/mol. The van der Waals surface area contributed by atoms with Crippen molar-refractivity contribution in [3.8, 4) is 6.07 Å². The summed E-state index contributed by atoms with van der Waals surface area (Å²) >= 11 is 0. The van der Waals surface area contributed by atoms with Gasteiger partial charge in [0.05, 0.1) is 16.5 Å². The standard InChI is InChI=1S/C21H22N2O2/c22-11-18-17(12-23-4-2-1-3-19(18)23)13-25-20(24)21-8-14-5-15(9-21)7-16(6-14)10-21/h1-4,12,14-16H,5-10,13H2. The van der Waals surface area contributed by atoms with Crippen LogP contribution in [0.15, 0.2) is 30.6 Å². The molecule has 0 spiro atoms. The van der Waals surface area contributed by atoms with E-state index in [1.807, 2.05) is 35.0 Å². The van der Waals surface area contributed by atoms with Gasteiger partial charge >= 0.3 is 5.97 Å². The van der Waals surface area contributed by atoms with Gasteiger partial charge in [0.25, 0.3) is 0 Å². The minimum Gasteiger partial charge on any atom is -0.460 e. The number of nitriles is 1. The fraction of sp³-hybridized carbons (Fsp3) is 0.524. The van der Waals surface area contributed by atoms with E-state index in [0.717, 1.165) is 48.1 Å². The van der Waals surface area contributed by atoms with E-state index in [-0.39, 0.29) is 18.0 Å². The molecular weight excluding hydrogens is 312 g/mol. The first-order valence-corrected chi connectivity index (χ1v) is 9.33. The summed E-state index contributed by atoms with van der Waals surface area (Å²) in [5.41, 5.74) is 2.04. The number of rotatable bonds is 3. The van der Waals surface area contributed by atoms with Crippen LogP contribution in [-0.2, 0) is 16.1 Å². The van der Waals surface area contributed by atoms with E-state index < -0.39 is 0 Å². The van der Waals surface area contributed by atoms with Crippen LogP contribution in [0.5, 0.6) is 0 Å². The Bertz CT molecular complexity index is 854. The molecule has 4 aliphatic carbocycles. The molecule has 0 atom stereocenters. The zero-order chi connectivity index (χ0) is 17.0. The number of aromatic nitrogens is 1. The Kier molecular flexibility index (Phi) is 3.22. The lowest BCUT2D eigenvalue weighted by Crippen LogP contribution is -2.50. The lowest BCUT2D eigenvalue weighted by molar-refractivity contribution is -0.172. The Hall–Kier alpha value is -2.28. The lowest BCUT2D eigenvalue weighted by atomic mass is 9.49. The van der Waals surface area contributed by atoms with E-state index in [1.54, 1.807) is 0 Å². The van der Waals surface area contributed by atoms with Crippen molar-refractivity contribution in [1.29, 1.82) is 5.26 Å². The predicted molar refractivity (Wildman–Crippen MR) is 92.5 cm³/mol. The molecule has 0 aliphatic heterocycles. The summed E-state index contributed by atoms with van der Waals surface area (Å²) in [6.07, 6.45) is 10.8. The highest BCUT2D eigenvalue weighted by Gasteiger charge is 2.55. The lowest BCUT2D eigenvalue weighted by Gasteiger charge is -2.55. The molecule has 4 fully saturated rings. The molecule has 25 heavy (non-hydrogen) atoms. The van der Waals surface area contributed by atoms with Gasteiger partial charge in [0.1, 0.15) is 12.7 Å². The van der Waals surface area contributed by atoms with Crippen molar-refractivity contribution in [3.63, 3.8) is 0 Å². The number of ether oxygens (including phenoxy) is 1. The highest BCUT2D eigenvalue weighted by atomic mass is 16.5. The quantitative estimate of drug-likeness (QED) is 0.795. The van der Waals surface area contributed by atoms with Gasteiger partial charge in [-0.3, -0.25) is 4.79 Å². The van der Waals surface area contributed by atoms with Crippen molar-refractivity contribution < 1.29 is 9.53 Å². The number of esters is 1. The molecule has 6 rings (SSSR count). The number of hydrogen-bond donors (Lipinski definition) is 0. The first kappa shape index (κ1) is 15.0. The van der Waals surface area contributed by atoms with E-state index in [9.17, 15) is 10.1 Å². The van der Waals surface area contributed by atoms with Crippen molar-refractivity contribution in [1.82, 2.24) is 4.40 Å². The summed E-state index contributed by atoms with van der Waals surface area (Å²) in [7, 11) is 0. The van der Waals surface area contributed by atoms with E-state index in [1.165, 1.54) is 19.3 Å². The first-order valence-electron chi connectivity index (χ1n) is 9.33. The molecule has 4 heteroatoms. The molecule has 2 aromatic heterocycles. The monoisotopic (exact) mass is 334 g/mol. The van der Waals surface area contributed by atoms with Crippen LogP contribution in [0, 0.1) is 34.5 Å². The Morgan fingerprint density at radius 3 is 2.52 bits per heavy atom. The number of carbonyl (C=O) groups is 1. The van der Waals surface area contributed by atoms with Crippen LogP contribution >= 0.6 is 0 Å². The molecule has 2 aromatic rings. The molecule has 0 saturated heterocycles. The molecular formula is C21H22N2O2. The Labute approximate surface area is 147 Å². The third kappa shape index (κ3) is 2.29. The van der Waals surface area contributed by atoms with Crippen LogP contribution in [0.2, 0.25) is 0 Å². The van der Waals surface area contributed by atoms with Crippen LogP contribution in [-0.4, -0.2) is 10.4 Å². The Morgan fingerprint density at radius 2 is 1.88 bits per heavy atom. The number of pyridine rings is 1. The van der Waals surface area contributed by atoms with Crippen molar-refractivity contribution in [2.24, 2.45) is 23.2 Å². The second-order valence-corrected chi connectivity index (χ2v) is 8.41. The normalized spacial score (nSPS) is 32.7. The van der Waals surface area contributed by atoms with Gasteiger partial charge in [-0.25, -0.2) is 0 Å². The summed E-state index contributed by atoms with van der Waals surface area (Å²) in [5.74, 6) is 2.16. The van der Waals surface area contributed by atoms with Crippen LogP contribution < -0.4 is 0 Å². The summed E-state index contributed by atoms with van der Waals surface area (Å²) in [6.45, 7) is 0.200. The number of fused-ring (bicyclic) bond motifs is 1. The molecule has 4 nitrogen and oxygen atoms in total. The number of hydrogen-bond acceptors (Lipinski definition) is 3. The van der Waals surface area contributed by atoms with Gasteiger partial charge in [-0.05, 0) is 68.4 Å². The fourth-order valence-corrected chi connectivity index (χ4v) is 6.07. The highest BCUT2D eigenvalue weighted by Crippen LogP contribution is 2.60. The smallest absolute Gasteiger partial charge is 0.312 e. The topological polar surface area (TPSA) is 54.5 Å².